The van der Waals surface area contributed by atoms with Crippen molar-refractivity contribution in [1.82, 2.24) is 0 Å². The highest BCUT2D eigenvalue weighted by Crippen LogP contribution is 2.28. The molecule has 0 bridgehead atoms. The summed E-state index contributed by atoms with van der Waals surface area (Å²) in [5.74, 6) is -0.904. The monoisotopic (exact) mass is 334 g/mol. The van der Waals surface area contributed by atoms with Gasteiger partial charge in [0, 0.05) is 0 Å². The lowest BCUT2D eigenvalue weighted by molar-refractivity contribution is -0.181. The molecule has 6 heteroatoms. The minimum atomic E-state index is -0.539. The molecule has 2 aliphatic heterocycles. The average molecular weight is 334 g/mol. The average Bonchev–Trinajstić information content (AvgIpc) is 2.54. The summed E-state index contributed by atoms with van der Waals surface area (Å²) in [5, 5.41) is 0. The summed E-state index contributed by atoms with van der Waals surface area (Å²) in [7, 11) is 0. The molecule has 0 aliphatic carbocycles. The van der Waals surface area contributed by atoms with Gasteiger partial charge in [-0.1, -0.05) is 19.9 Å². The Bertz CT molecular complexity index is 568. The predicted molar refractivity (Wildman–Crippen MR) is 85.0 cm³/mol. The lowest BCUT2D eigenvalue weighted by Crippen LogP contribution is -2.52. The first kappa shape index (κ1) is 16.9. The van der Waals surface area contributed by atoms with Gasteiger partial charge < -0.3 is 18.9 Å². The Morgan fingerprint density at radius 1 is 0.917 bits per heavy atom. The molecule has 2 fully saturated rings. The van der Waals surface area contributed by atoms with Crippen LogP contribution in [0.4, 0.5) is 0 Å². The number of esters is 2. The molecule has 2 aliphatic rings. The van der Waals surface area contributed by atoms with Gasteiger partial charge in [0.05, 0.1) is 37.6 Å². The van der Waals surface area contributed by atoms with E-state index in [9.17, 15) is 9.59 Å². The zero-order chi connectivity index (χ0) is 17.2. The van der Waals surface area contributed by atoms with Gasteiger partial charge in [-0.25, -0.2) is 9.59 Å². The largest absolute Gasteiger partial charge is 0.451 e. The van der Waals surface area contributed by atoms with Gasteiger partial charge in [-0.2, -0.15) is 0 Å². The quantitative estimate of drug-likeness (QED) is 0.744. The van der Waals surface area contributed by atoms with Crippen LogP contribution >= 0.6 is 0 Å². The van der Waals surface area contributed by atoms with Gasteiger partial charge in [0.2, 0.25) is 0 Å². The van der Waals surface area contributed by atoms with E-state index >= 15 is 0 Å². The van der Waals surface area contributed by atoms with E-state index in [1.165, 1.54) is 6.07 Å². The number of carbonyl (C=O) groups is 2. The van der Waals surface area contributed by atoms with E-state index in [2.05, 4.69) is 0 Å². The second-order valence-corrected chi connectivity index (χ2v) is 6.42. The van der Waals surface area contributed by atoms with Gasteiger partial charge >= 0.3 is 11.9 Å². The Balaban J connectivity index is 1.69. The Kier molecular flexibility index (Phi) is 4.60. The fourth-order valence-corrected chi connectivity index (χ4v) is 2.61. The number of hydrogen-bond acceptors (Lipinski definition) is 6. The highest BCUT2D eigenvalue weighted by molar-refractivity contribution is 5.95. The lowest BCUT2D eigenvalue weighted by Gasteiger charge is -2.40. The normalized spacial score (nSPS) is 20.4. The zero-order valence-electron chi connectivity index (χ0n) is 14.0. The number of hydrogen-bond donors (Lipinski definition) is 0. The first-order valence-electron chi connectivity index (χ1n) is 8.24. The third-order valence-corrected chi connectivity index (χ3v) is 4.70. The van der Waals surface area contributed by atoms with Crippen molar-refractivity contribution in [2.75, 3.05) is 26.4 Å². The number of benzene rings is 1. The Labute approximate surface area is 141 Å². The van der Waals surface area contributed by atoms with Gasteiger partial charge in [-0.3, -0.25) is 0 Å². The fourth-order valence-electron chi connectivity index (χ4n) is 2.61. The smallest absolute Gasteiger partial charge is 0.338 e. The molecule has 0 saturated carbocycles. The maximum atomic E-state index is 12.3. The van der Waals surface area contributed by atoms with Crippen LogP contribution in [0.3, 0.4) is 0 Å². The number of ether oxygens (including phenoxy) is 4. The van der Waals surface area contributed by atoms with Gasteiger partial charge in [0.1, 0.15) is 0 Å². The van der Waals surface area contributed by atoms with Crippen molar-refractivity contribution < 1.29 is 28.5 Å². The van der Waals surface area contributed by atoms with Gasteiger partial charge in [0.15, 0.2) is 11.2 Å². The first-order chi connectivity index (χ1) is 11.5. The summed E-state index contributed by atoms with van der Waals surface area (Å²) >= 11 is 0. The molecule has 1 aromatic carbocycles. The molecular weight excluding hydrogens is 312 g/mol. The Morgan fingerprint density at radius 3 is 1.62 bits per heavy atom. The zero-order valence-corrected chi connectivity index (χ0v) is 14.0. The Morgan fingerprint density at radius 2 is 1.33 bits per heavy atom. The summed E-state index contributed by atoms with van der Waals surface area (Å²) in [4.78, 5) is 24.7. The molecule has 0 atom stereocenters. The van der Waals surface area contributed by atoms with Crippen molar-refractivity contribution in [3.8, 4) is 0 Å². The minimum Gasteiger partial charge on any atom is -0.451 e. The lowest BCUT2D eigenvalue weighted by atomic mass is 9.98. The molecule has 0 aromatic heterocycles. The fraction of sp³-hybridized carbons (Fsp3) is 0.556. The molecule has 0 N–H and O–H groups in total. The van der Waals surface area contributed by atoms with E-state index in [1.807, 2.05) is 13.8 Å². The molecule has 0 radical (unpaired) electrons. The van der Waals surface area contributed by atoms with Gasteiger partial charge in [-0.15, -0.1) is 0 Å². The second-order valence-electron chi connectivity index (χ2n) is 6.42. The standard InChI is InChI=1S/C18H22O6/c1-3-17(9-21-10-17)23-15(19)13-6-5-7-14(8-13)16(20)24-18(4-2)11-22-12-18/h5-8H,3-4,9-12H2,1-2H3. The van der Waals surface area contributed by atoms with Crippen LogP contribution in [0, 0.1) is 0 Å². The molecule has 2 heterocycles. The third kappa shape index (κ3) is 3.16. The van der Waals surface area contributed by atoms with Crippen molar-refractivity contribution in [1.29, 1.82) is 0 Å². The highest BCUT2D eigenvalue weighted by Gasteiger charge is 2.42. The topological polar surface area (TPSA) is 71.1 Å². The van der Waals surface area contributed by atoms with Crippen LogP contribution in [-0.4, -0.2) is 49.6 Å². The SMILES string of the molecule is CCC1(OC(=O)c2cccc(C(=O)OC3(CC)COC3)c2)COC1. The third-order valence-electron chi connectivity index (χ3n) is 4.70. The van der Waals surface area contributed by atoms with E-state index in [1.54, 1.807) is 18.2 Å². The highest BCUT2D eigenvalue weighted by atomic mass is 16.6. The summed E-state index contributed by atoms with van der Waals surface area (Å²) in [6.07, 6.45) is 1.39. The number of carbonyl (C=O) groups excluding carboxylic acids is 2. The van der Waals surface area contributed by atoms with Crippen molar-refractivity contribution in [3.63, 3.8) is 0 Å². The first-order valence-corrected chi connectivity index (χ1v) is 8.24. The molecule has 6 nitrogen and oxygen atoms in total. The van der Waals surface area contributed by atoms with Crippen LogP contribution in [0.5, 0.6) is 0 Å². The molecule has 0 spiro atoms. The van der Waals surface area contributed by atoms with Crippen LogP contribution in [0.25, 0.3) is 0 Å². The van der Waals surface area contributed by atoms with E-state index in [-0.39, 0.29) is 0 Å². The predicted octanol–water partition coefficient (Wildman–Crippen LogP) is 2.36. The molecule has 3 rings (SSSR count). The summed E-state index contributed by atoms with van der Waals surface area (Å²) in [5.41, 5.74) is -0.411. The molecule has 1 aromatic rings. The molecular formula is C18H22O6. The van der Waals surface area contributed by atoms with Crippen LogP contribution in [0.2, 0.25) is 0 Å². The molecule has 130 valence electrons. The minimum absolute atomic E-state index is 0.333. The molecule has 24 heavy (non-hydrogen) atoms. The van der Waals surface area contributed by atoms with E-state index < -0.39 is 23.1 Å². The summed E-state index contributed by atoms with van der Waals surface area (Å²) < 4.78 is 21.4. The van der Waals surface area contributed by atoms with E-state index in [4.69, 9.17) is 18.9 Å². The van der Waals surface area contributed by atoms with Gasteiger partial charge in [-0.05, 0) is 31.0 Å². The van der Waals surface area contributed by atoms with Crippen molar-refractivity contribution >= 4 is 11.9 Å². The summed E-state index contributed by atoms with van der Waals surface area (Å²) in [6.45, 7) is 5.56. The second kappa shape index (κ2) is 6.53. The maximum Gasteiger partial charge on any atom is 0.338 e. The maximum absolute atomic E-state index is 12.3. The van der Waals surface area contributed by atoms with Crippen LogP contribution in [-0.2, 0) is 18.9 Å². The van der Waals surface area contributed by atoms with Crippen molar-refractivity contribution in [2.24, 2.45) is 0 Å². The van der Waals surface area contributed by atoms with Crippen molar-refractivity contribution in [2.45, 2.75) is 37.9 Å². The molecule has 0 unspecified atom stereocenters. The van der Waals surface area contributed by atoms with Crippen LogP contribution in [0.1, 0.15) is 47.4 Å². The molecule has 2 saturated heterocycles. The molecule has 0 amide bonds. The van der Waals surface area contributed by atoms with E-state index in [0.717, 1.165) is 0 Å². The van der Waals surface area contributed by atoms with Crippen LogP contribution in [0.15, 0.2) is 24.3 Å². The van der Waals surface area contributed by atoms with E-state index in [0.29, 0.717) is 50.4 Å². The summed E-state index contributed by atoms with van der Waals surface area (Å²) in [6, 6.07) is 6.42. The Hall–Kier alpha value is -1.92. The number of rotatable bonds is 6. The van der Waals surface area contributed by atoms with Crippen LogP contribution < -0.4 is 0 Å². The van der Waals surface area contributed by atoms with Gasteiger partial charge in [0.25, 0.3) is 0 Å². The van der Waals surface area contributed by atoms with Crippen molar-refractivity contribution in [3.05, 3.63) is 35.4 Å².